The Bertz CT molecular complexity index is 520. The Morgan fingerprint density at radius 3 is 2.33 bits per heavy atom. The van der Waals surface area contributed by atoms with Gasteiger partial charge >= 0.3 is 0 Å². The monoisotopic (exact) mass is 322 g/mol. The zero-order chi connectivity index (χ0) is 15.5. The molecule has 0 bridgehead atoms. The van der Waals surface area contributed by atoms with Crippen LogP contribution in [-0.2, 0) is 6.42 Å². The van der Waals surface area contributed by atoms with Crippen molar-refractivity contribution in [1.29, 1.82) is 0 Å². The number of carbonyl (C=O) groups excluding carboxylic acids is 1. The number of hydrogen-bond donors (Lipinski definition) is 1. The van der Waals surface area contributed by atoms with Gasteiger partial charge in [-0.2, -0.15) is 11.8 Å². The average Bonchev–Trinajstić information content (AvgIpc) is 2.54. The molecule has 0 spiro atoms. The fourth-order valence-corrected chi connectivity index (χ4v) is 3.93. The number of thiocarbonyl (C=S) groups is 1. The summed E-state index contributed by atoms with van der Waals surface area (Å²) in [4.78, 5) is 15.0. The lowest BCUT2D eigenvalue weighted by atomic mass is 9.95. The first kappa shape index (κ1) is 16.3. The summed E-state index contributed by atoms with van der Waals surface area (Å²) in [6.45, 7) is 3.54. The van der Waals surface area contributed by atoms with Crippen LogP contribution in [0.2, 0.25) is 0 Å². The van der Waals surface area contributed by atoms with E-state index < -0.39 is 0 Å². The molecule has 1 aromatic carbocycles. The molecular formula is C16H22N2OS2. The Kier molecular flexibility index (Phi) is 5.27. The fourth-order valence-electron chi connectivity index (χ4n) is 2.69. The number of piperidine rings is 1. The number of nitrogens with zero attached hydrogens (tertiary/aromatic N) is 1. The van der Waals surface area contributed by atoms with Gasteiger partial charge in [-0.3, -0.25) is 4.79 Å². The summed E-state index contributed by atoms with van der Waals surface area (Å²) < 4.78 is -0.141. The molecule has 114 valence electrons. The van der Waals surface area contributed by atoms with Crippen molar-refractivity contribution in [2.75, 3.05) is 19.3 Å². The van der Waals surface area contributed by atoms with E-state index in [-0.39, 0.29) is 10.7 Å². The Balaban J connectivity index is 2.04. The van der Waals surface area contributed by atoms with Crippen LogP contribution < -0.4 is 5.73 Å². The molecule has 1 saturated heterocycles. The van der Waals surface area contributed by atoms with Crippen molar-refractivity contribution in [3.05, 3.63) is 35.4 Å². The van der Waals surface area contributed by atoms with Crippen molar-refractivity contribution in [2.24, 2.45) is 5.73 Å². The lowest BCUT2D eigenvalue weighted by Gasteiger charge is -2.40. The van der Waals surface area contributed by atoms with Crippen LogP contribution in [0.3, 0.4) is 0 Å². The highest BCUT2D eigenvalue weighted by Gasteiger charge is 2.37. The third-order valence-corrected chi connectivity index (χ3v) is 6.24. The predicted molar refractivity (Wildman–Crippen MR) is 94.0 cm³/mol. The predicted octanol–water partition coefficient (Wildman–Crippen LogP) is 2.87. The van der Waals surface area contributed by atoms with Gasteiger partial charge in [-0.25, -0.2) is 0 Å². The van der Waals surface area contributed by atoms with Crippen LogP contribution in [0.1, 0.15) is 35.7 Å². The summed E-state index contributed by atoms with van der Waals surface area (Å²) in [6, 6.07) is 7.90. The zero-order valence-corrected chi connectivity index (χ0v) is 14.2. The highest BCUT2D eigenvalue weighted by molar-refractivity contribution is 8.02. The second kappa shape index (κ2) is 6.79. The maximum atomic E-state index is 12.5. The number of hydrogen-bond acceptors (Lipinski definition) is 3. The van der Waals surface area contributed by atoms with Crippen LogP contribution in [0, 0.1) is 0 Å². The third-order valence-electron chi connectivity index (χ3n) is 4.31. The smallest absolute Gasteiger partial charge is 0.253 e. The van der Waals surface area contributed by atoms with E-state index in [9.17, 15) is 4.79 Å². The molecule has 0 radical (unpaired) electrons. The minimum absolute atomic E-state index is 0.107. The zero-order valence-electron chi connectivity index (χ0n) is 12.6. The Morgan fingerprint density at radius 2 is 1.90 bits per heavy atom. The second-order valence-corrected chi connectivity index (χ2v) is 7.03. The normalized spacial score (nSPS) is 17.5. The fraction of sp³-hybridized carbons (Fsp3) is 0.500. The van der Waals surface area contributed by atoms with Gasteiger partial charge in [-0.15, -0.1) is 0 Å². The first-order chi connectivity index (χ1) is 10.0. The van der Waals surface area contributed by atoms with E-state index in [0.29, 0.717) is 18.1 Å². The van der Waals surface area contributed by atoms with Crippen LogP contribution >= 0.6 is 24.0 Å². The molecule has 21 heavy (non-hydrogen) atoms. The molecule has 1 aliphatic heterocycles. The Hall–Kier alpha value is -1.07. The van der Waals surface area contributed by atoms with Gasteiger partial charge in [0, 0.05) is 18.7 Å². The number of benzene rings is 1. The minimum Gasteiger partial charge on any atom is -0.392 e. The van der Waals surface area contributed by atoms with Crippen LogP contribution in [0.15, 0.2) is 24.3 Å². The summed E-state index contributed by atoms with van der Waals surface area (Å²) in [5.74, 6) is 0.107. The molecule has 1 amide bonds. The summed E-state index contributed by atoms with van der Waals surface area (Å²) in [5, 5.41) is 0. The largest absolute Gasteiger partial charge is 0.392 e. The number of nitrogens with two attached hydrogens (primary N) is 1. The lowest BCUT2D eigenvalue weighted by molar-refractivity contribution is 0.0719. The molecular weight excluding hydrogens is 300 g/mol. The van der Waals surface area contributed by atoms with Gasteiger partial charge in [0.15, 0.2) is 0 Å². The molecule has 1 heterocycles. The highest BCUT2D eigenvalue weighted by Crippen LogP contribution is 2.35. The number of carbonyl (C=O) groups is 1. The summed E-state index contributed by atoms with van der Waals surface area (Å²) in [6.07, 6.45) is 4.70. The molecule has 5 heteroatoms. The number of aryl methyl sites for hydroxylation is 1. The molecule has 1 aliphatic rings. The van der Waals surface area contributed by atoms with Gasteiger partial charge in [0.2, 0.25) is 0 Å². The van der Waals surface area contributed by atoms with Crippen molar-refractivity contribution in [3.8, 4) is 0 Å². The summed E-state index contributed by atoms with van der Waals surface area (Å²) >= 11 is 6.92. The second-order valence-electron chi connectivity index (χ2n) is 5.41. The molecule has 1 aromatic rings. The topological polar surface area (TPSA) is 46.3 Å². The standard InChI is InChI=1S/C16H22N2OS2/c1-3-12-4-6-13(7-5-12)14(19)18-10-8-16(21-2,9-11-18)15(17)20/h4-7H,3,8-11H2,1-2H3,(H2,17,20). The maximum absolute atomic E-state index is 12.5. The van der Waals surface area contributed by atoms with Crippen LogP contribution in [0.4, 0.5) is 0 Å². The van der Waals surface area contributed by atoms with Gasteiger partial charge < -0.3 is 10.6 Å². The van der Waals surface area contributed by atoms with E-state index in [0.717, 1.165) is 24.8 Å². The lowest BCUT2D eigenvalue weighted by Crippen LogP contribution is -2.50. The first-order valence-corrected chi connectivity index (χ1v) is 8.89. The molecule has 0 saturated carbocycles. The van der Waals surface area contributed by atoms with E-state index in [1.807, 2.05) is 35.4 Å². The van der Waals surface area contributed by atoms with Gasteiger partial charge in [-0.05, 0) is 43.2 Å². The van der Waals surface area contributed by atoms with Crippen molar-refractivity contribution >= 4 is 34.9 Å². The molecule has 0 aliphatic carbocycles. The van der Waals surface area contributed by atoms with E-state index in [4.69, 9.17) is 18.0 Å². The van der Waals surface area contributed by atoms with E-state index in [2.05, 4.69) is 6.92 Å². The van der Waals surface area contributed by atoms with Gasteiger partial charge in [0.05, 0.1) is 9.74 Å². The van der Waals surface area contributed by atoms with Crippen molar-refractivity contribution in [1.82, 2.24) is 4.90 Å². The Morgan fingerprint density at radius 1 is 1.33 bits per heavy atom. The maximum Gasteiger partial charge on any atom is 0.253 e. The quantitative estimate of drug-likeness (QED) is 0.866. The van der Waals surface area contributed by atoms with Gasteiger partial charge in [0.1, 0.15) is 0 Å². The average molecular weight is 322 g/mol. The van der Waals surface area contributed by atoms with E-state index in [1.54, 1.807) is 11.8 Å². The molecule has 1 fully saturated rings. The van der Waals surface area contributed by atoms with Crippen molar-refractivity contribution < 1.29 is 4.79 Å². The van der Waals surface area contributed by atoms with Crippen molar-refractivity contribution in [3.63, 3.8) is 0 Å². The molecule has 2 N–H and O–H groups in total. The minimum atomic E-state index is -0.141. The molecule has 0 aromatic heterocycles. The SMILES string of the molecule is CCc1ccc(C(=O)N2CCC(SC)(C(N)=S)CC2)cc1. The molecule has 0 atom stereocenters. The number of amides is 1. The molecule has 2 rings (SSSR count). The van der Waals surface area contributed by atoms with Gasteiger partial charge in [0.25, 0.3) is 5.91 Å². The summed E-state index contributed by atoms with van der Waals surface area (Å²) in [5.41, 5.74) is 7.90. The molecule has 0 unspecified atom stereocenters. The third kappa shape index (κ3) is 3.40. The first-order valence-electron chi connectivity index (χ1n) is 7.25. The number of thioether (sulfide) groups is 1. The van der Waals surface area contributed by atoms with E-state index >= 15 is 0 Å². The van der Waals surface area contributed by atoms with Crippen LogP contribution in [-0.4, -0.2) is 39.9 Å². The van der Waals surface area contributed by atoms with Crippen molar-refractivity contribution in [2.45, 2.75) is 30.9 Å². The van der Waals surface area contributed by atoms with Gasteiger partial charge in [-0.1, -0.05) is 31.3 Å². The summed E-state index contributed by atoms with van der Waals surface area (Å²) in [7, 11) is 0. The highest BCUT2D eigenvalue weighted by atomic mass is 32.2. The Labute approximate surface area is 136 Å². The van der Waals surface area contributed by atoms with E-state index in [1.165, 1.54) is 5.56 Å². The molecule has 3 nitrogen and oxygen atoms in total. The number of rotatable bonds is 4. The van der Waals surface area contributed by atoms with Crippen LogP contribution in [0.25, 0.3) is 0 Å². The van der Waals surface area contributed by atoms with Crippen LogP contribution in [0.5, 0.6) is 0 Å². The number of likely N-dealkylation sites (tertiary alicyclic amines) is 1.